The lowest BCUT2D eigenvalue weighted by Gasteiger charge is -2.42. The summed E-state index contributed by atoms with van der Waals surface area (Å²) in [7, 11) is 6.40. The molecule has 2 rings (SSSR count). The van der Waals surface area contributed by atoms with Crippen molar-refractivity contribution in [2.75, 3.05) is 32.1 Å². The van der Waals surface area contributed by atoms with Crippen molar-refractivity contribution in [3.8, 4) is 0 Å². The lowest BCUT2D eigenvalue weighted by atomic mass is 9.97. The molecule has 0 aromatic carbocycles. The van der Waals surface area contributed by atoms with E-state index in [1.807, 2.05) is 41.5 Å². The van der Waals surface area contributed by atoms with E-state index in [9.17, 15) is 15.3 Å². The standard InChI is InChI=1S/C22H41BNO5S.C22H41NO5.CH4BClS/c1-5-7-8-9-10-11-12-13-15-26-21-19(24-17(3)4)22(27-14-6-2)29-18(20(21)25)16-28-30-23;1-5-7-8-9-10-11-12-13-15-26-21-19(23-17(3)4)22(27-14-6-2)28-18(16-24)20(21)25;2-1-4-3/h6,14,18-23,25H,5,7-13,15-16H2,1-4H3;6,14,18-22,24-25H,5,7-13,15-16H2,1-4H3;1-2H2/b2*14-6-;/t2*18?,19?,20-,21-,22+;/m11./s1/i23T;;2TD. The SMILES string of the molecule is C/C=C\O[C@H]1OC(CO)[C@@H](O)[C@H](OCCCCCCCCCC)C1N=C(C)C.[2H]B([3H])CSCl.[3H][B]SOCC1O[C@H](O/C=C\C)C(N=C(C)C)[C@@H](OCCCCCCCCCC)[C@@H]1O. The fourth-order valence-corrected chi connectivity index (χ4v) is 7.12. The molecule has 1 radical (unpaired) electrons. The number of aliphatic hydroxyl groups excluding tert-OH is 3. The highest BCUT2D eigenvalue weighted by Crippen LogP contribution is 2.30. The van der Waals surface area contributed by atoms with Crippen molar-refractivity contribution in [2.24, 2.45) is 9.98 Å². The van der Waals surface area contributed by atoms with E-state index in [1.54, 1.807) is 24.7 Å². The summed E-state index contributed by atoms with van der Waals surface area (Å²) < 4.78 is 60.7. The maximum Gasteiger partial charge on any atom is 0.224 e. The largest absolute Gasteiger partial charge is 0.470 e. The Balaban J connectivity index is 0.00000112. The molecule has 17 heteroatoms. The van der Waals surface area contributed by atoms with Gasteiger partial charge in [-0.2, -0.15) is 0 Å². The third-order valence-corrected chi connectivity index (χ3v) is 10.7. The van der Waals surface area contributed by atoms with E-state index in [0.29, 0.717) is 18.9 Å². The second-order valence-electron chi connectivity index (χ2n) is 15.9. The van der Waals surface area contributed by atoms with Crippen molar-refractivity contribution in [2.45, 2.75) is 219 Å². The van der Waals surface area contributed by atoms with E-state index >= 15 is 0 Å². The maximum absolute atomic E-state index is 10.9. The van der Waals surface area contributed by atoms with Crippen LogP contribution in [0.4, 0.5) is 0 Å². The number of allylic oxidation sites excluding steroid dienone is 2. The number of nitrogens with zero attached hydrogens (tertiary/aromatic N) is 2. The summed E-state index contributed by atoms with van der Waals surface area (Å²) in [5.41, 5.74) is 2.12. The average Bonchev–Trinajstić information content (AvgIpc) is 3.27. The molecule has 2 aliphatic heterocycles. The third-order valence-electron chi connectivity index (χ3n) is 9.96. The summed E-state index contributed by atoms with van der Waals surface area (Å²) in [6, 6.07) is -0.954. The first kappa shape index (κ1) is 55.5. The normalized spacial score (nSPS) is 26.5. The van der Waals surface area contributed by atoms with Crippen LogP contribution in [0.1, 0.15) is 158 Å². The fraction of sp³-hybridized carbons (Fsp3) is 0.867. The molecule has 2 aliphatic rings. The number of ether oxygens (including phenoxy) is 6. The number of hydrogen-bond donors (Lipinski definition) is 3. The van der Waals surface area contributed by atoms with Crippen LogP contribution in [0, 0.1) is 0 Å². The molecule has 0 aromatic heterocycles. The Morgan fingerprint density at radius 2 is 1.18 bits per heavy atom. The average molecular weight is 941 g/mol. The van der Waals surface area contributed by atoms with Gasteiger partial charge in [-0.15, -0.1) is 0 Å². The van der Waals surface area contributed by atoms with Crippen molar-refractivity contribution in [1.29, 1.82) is 4.01 Å². The summed E-state index contributed by atoms with van der Waals surface area (Å²) >= 11 is 0.897. The minimum Gasteiger partial charge on any atom is -0.470 e. The van der Waals surface area contributed by atoms with Crippen LogP contribution < -0.4 is 0 Å². The molecule has 0 saturated carbocycles. The molecule has 0 aromatic rings. The minimum atomic E-state index is -0.947. The van der Waals surface area contributed by atoms with E-state index < -0.39 is 69.1 Å². The zero-order valence-corrected chi connectivity index (χ0v) is 41.8. The Labute approximate surface area is 396 Å². The summed E-state index contributed by atoms with van der Waals surface area (Å²) in [6.07, 6.45) is 20.5. The van der Waals surface area contributed by atoms with Gasteiger partial charge in [0.25, 0.3) is 0 Å². The molecule has 0 spiro atoms. The van der Waals surface area contributed by atoms with E-state index in [4.69, 9.17) is 47.3 Å². The molecular formula is C45H86B2ClN2O10S2. The molecule has 361 valence electrons. The highest BCUT2D eigenvalue weighted by molar-refractivity contribution is 8.21. The van der Waals surface area contributed by atoms with Crippen LogP contribution in [0.3, 0.4) is 0 Å². The highest BCUT2D eigenvalue weighted by Gasteiger charge is 2.48. The molecule has 4 unspecified atom stereocenters. The van der Waals surface area contributed by atoms with Crippen molar-refractivity contribution < 1.29 is 47.9 Å². The molecule has 3 N–H and O–H groups in total. The van der Waals surface area contributed by atoms with Gasteiger partial charge < -0.3 is 47.9 Å². The van der Waals surface area contributed by atoms with Crippen LogP contribution in [0.5, 0.6) is 0 Å². The van der Waals surface area contributed by atoms with Gasteiger partial charge in [0.15, 0.2) is 0 Å². The fourth-order valence-electron chi connectivity index (χ4n) is 6.91. The van der Waals surface area contributed by atoms with Crippen LogP contribution in [-0.4, -0.2) is 139 Å². The zero-order chi connectivity index (χ0) is 48.7. The first-order valence-corrected chi connectivity index (χ1v) is 25.6. The lowest BCUT2D eigenvalue weighted by Crippen LogP contribution is -2.59. The summed E-state index contributed by atoms with van der Waals surface area (Å²) in [5.74, 6) is 0. The van der Waals surface area contributed by atoms with E-state index in [0.717, 1.165) is 67.1 Å². The van der Waals surface area contributed by atoms with E-state index in [-0.39, 0.29) is 13.2 Å². The predicted octanol–water partition coefficient (Wildman–Crippen LogP) is 8.93. The van der Waals surface area contributed by atoms with Crippen LogP contribution in [0.15, 0.2) is 34.7 Å². The van der Waals surface area contributed by atoms with Crippen LogP contribution in [0.25, 0.3) is 0 Å². The van der Waals surface area contributed by atoms with Gasteiger partial charge in [0.1, 0.15) is 56.5 Å². The van der Waals surface area contributed by atoms with Crippen molar-refractivity contribution in [3.05, 3.63) is 24.7 Å². The van der Waals surface area contributed by atoms with Gasteiger partial charge in [0.05, 0.1) is 25.7 Å². The number of aliphatic hydroxyl groups is 3. The first-order chi connectivity index (χ1) is 31.4. The number of halogens is 1. The van der Waals surface area contributed by atoms with Crippen LogP contribution in [-0.2, 0) is 32.6 Å². The number of aliphatic imine (C=N–C) groups is 2. The smallest absolute Gasteiger partial charge is 0.224 e. The van der Waals surface area contributed by atoms with Crippen molar-refractivity contribution >= 4 is 59.8 Å². The lowest BCUT2D eigenvalue weighted by molar-refractivity contribution is -0.258. The molecule has 2 fully saturated rings. The van der Waals surface area contributed by atoms with Crippen LogP contribution >= 0.6 is 33.6 Å². The van der Waals surface area contributed by atoms with Crippen molar-refractivity contribution in [3.63, 3.8) is 0 Å². The number of unbranched alkanes of at least 4 members (excludes halogenated alkanes) is 14. The molecule has 10 atom stereocenters. The minimum absolute atomic E-state index is 0.121. The highest BCUT2D eigenvalue weighted by atomic mass is 35.7. The van der Waals surface area contributed by atoms with Gasteiger partial charge in [-0.1, -0.05) is 139 Å². The van der Waals surface area contributed by atoms with Gasteiger partial charge >= 0.3 is 0 Å². The Hall–Kier alpha value is -0.780. The monoisotopic (exact) mass is 941 g/mol. The second-order valence-corrected chi connectivity index (χ2v) is 17.5. The van der Waals surface area contributed by atoms with E-state index in [2.05, 4.69) is 23.8 Å². The van der Waals surface area contributed by atoms with Gasteiger partial charge in [0.2, 0.25) is 19.7 Å². The quantitative estimate of drug-likeness (QED) is 0.0190. The summed E-state index contributed by atoms with van der Waals surface area (Å²) in [5, 5.41) is 31.1. The molecular weight excluding hydrogens is 850 g/mol. The van der Waals surface area contributed by atoms with Gasteiger partial charge in [-0.25, -0.2) is 0 Å². The Morgan fingerprint density at radius 3 is 1.53 bits per heavy atom. The molecule has 62 heavy (non-hydrogen) atoms. The topological polar surface area (TPSA) is 150 Å². The van der Waals surface area contributed by atoms with Crippen LogP contribution in [0.2, 0.25) is 0 Å². The first-order valence-electron chi connectivity index (χ1n) is 24.7. The van der Waals surface area contributed by atoms with Gasteiger partial charge in [0, 0.05) is 24.6 Å². The Morgan fingerprint density at radius 1 is 0.758 bits per heavy atom. The predicted molar refractivity (Wildman–Crippen MR) is 266 cm³/mol. The molecule has 0 aliphatic carbocycles. The van der Waals surface area contributed by atoms with Crippen molar-refractivity contribution in [1.82, 2.24) is 0 Å². The Kier molecular flexibility index (Phi) is 37.3. The molecule has 2 heterocycles. The van der Waals surface area contributed by atoms with Gasteiger partial charge in [-0.05, 0) is 74.7 Å². The molecule has 12 nitrogen and oxygen atoms in total. The summed E-state index contributed by atoms with van der Waals surface area (Å²) in [4.78, 5) is 9.25. The summed E-state index contributed by atoms with van der Waals surface area (Å²) in [6.45, 7) is 16.7. The maximum atomic E-state index is 10.9. The molecule has 0 amide bonds. The number of rotatable bonds is 33. The zero-order valence-electron chi connectivity index (χ0n) is 42.4. The number of hydrogen-bond acceptors (Lipinski definition) is 14. The molecule has 2 saturated heterocycles. The third kappa shape index (κ3) is 28.3. The van der Waals surface area contributed by atoms with Gasteiger partial charge in [-0.3, -0.25) is 9.98 Å². The Bertz CT molecular complexity index is 1240. The van der Waals surface area contributed by atoms with E-state index in [1.165, 1.54) is 77.0 Å². The molecule has 0 bridgehead atoms. The second kappa shape index (κ2) is 41.6.